The van der Waals surface area contributed by atoms with E-state index in [1.165, 1.54) is 11.8 Å². The topological polar surface area (TPSA) is 86.1 Å². The highest BCUT2D eigenvalue weighted by atomic mass is 79.9. The summed E-state index contributed by atoms with van der Waals surface area (Å²) < 4.78 is 7.85. The molecule has 0 unspecified atom stereocenters. The van der Waals surface area contributed by atoms with Crippen molar-refractivity contribution in [3.05, 3.63) is 63.1 Å². The van der Waals surface area contributed by atoms with Gasteiger partial charge in [-0.3, -0.25) is 19.1 Å². The Morgan fingerprint density at radius 3 is 2.93 bits per heavy atom. The molecular formula is C21H23BrN4O3S. The first-order valence-electron chi connectivity index (χ1n) is 9.65. The van der Waals surface area contributed by atoms with Crippen molar-refractivity contribution >= 4 is 44.5 Å². The Morgan fingerprint density at radius 2 is 2.17 bits per heavy atom. The lowest BCUT2D eigenvalue weighted by Crippen LogP contribution is -2.27. The van der Waals surface area contributed by atoms with Gasteiger partial charge in [0.1, 0.15) is 0 Å². The monoisotopic (exact) mass is 490 g/mol. The number of hydrogen-bond acceptors (Lipinski definition) is 6. The van der Waals surface area contributed by atoms with E-state index in [0.29, 0.717) is 48.8 Å². The number of nitrogens with one attached hydrogen (secondary N) is 1. The predicted molar refractivity (Wildman–Crippen MR) is 122 cm³/mol. The molecule has 9 heteroatoms. The number of aromatic nitrogens is 3. The molecule has 0 aliphatic heterocycles. The number of ether oxygens (including phenoxy) is 1. The van der Waals surface area contributed by atoms with Crippen LogP contribution in [0.3, 0.4) is 0 Å². The number of amides is 1. The molecule has 1 amide bonds. The number of halogens is 1. The summed E-state index contributed by atoms with van der Waals surface area (Å²) in [6, 6.07) is 11.0. The second kappa shape index (κ2) is 11.2. The van der Waals surface area contributed by atoms with Gasteiger partial charge in [-0.2, -0.15) is 0 Å². The Morgan fingerprint density at radius 1 is 1.30 bits per heavy atom. The van der Waals surface area contributed by atoms with E-state index in [-0.39, 0.29) is 17.2 Å². The molecule has 0 atom stereocenters. The summed E-state index contributed by atoms with van der Waals surface area (Å²) in [6.45, 7) is 3.98. The van der Waals surface area contributed by atoms with Gasteiger partial charge in [0.2, 0.25) is 5.91 Å². The quantitative estimate of drug-likeness (QED) is 0.266. The van der Waals surface area contributed by atoms with E-state index in [4.69, 9.17) is 4.74 Å². The molecule has 0 saturated carbocycles. The van der Waals surface area contributed by atoms with Crippen LogP contribution < -0.4 is 10.9 Å². The van der Waals surface area contributed by atoms with Gasteiger partial charge in [0, 0.05) is 30.4 Å². The second-order valence-electron chi connectivity index (χ2n) is 6.45. The highest BCUT2D eigenvalue weighted by Gasteiger charge is 2.14. The van der Waals surface area contributed by atoms with Crippen LogP contribution in [0.15, 0.2) is 57.0 Å². The average molecular weight is 491 g/mol. The van der Waals surface area contributed by atoms with E-state index in [2.05, 4.69) is 31.2 Å². The smallest absolute Gasteiger partial charge is 0.262 e. The molecule has 2 heterocycles. The lowest BCUT2D eigenvalue weighted by atomic mass is 10.2. The number of carbonyl (C=O) groups excluding carboxylic acids is 1. The molecule has 0 saturated heterocycles. The van der Waals surface area contributed by atoms with E-state index >= 15 is 0 Å². The van der Waals surface area contributed by atoms with Crippen molar-refractivity contribution < 1.29 is 9.53 Å². The maximum Gasteiger partial charge on any atom is 0.262 e. The molecule has 0 fully saturated rings. The SMILES string of the molecule is CCOCCCn1c(SCC(=O)NCc2ccccn2)nc2ccc(Br)cc2c1=O. The maximum atomic E-state index is 13.1. The fourth-order valence-corrected chi connectivity index (χ4v) is 4.04. The summed E-state index contributed by atoms with van der Waals surface area (Å²) in [4.78, 5) is 34.2. The van der Waals surface area contributed by atoms with Crippen LogP contribution in [0.4, 0.5) is 0 Å². The molecule has 30 heavy (non-hydrogen) atoms. The van der Waals surface area contributed by atoms with Crippen LogP contribution >= 0.6 is 27.7 Å². The number of nitrogens with zero attached hydrogens (tertiary/aromatic N) is 3. The lowest BCUT2D eigenvalue weighted by Gasteiger charge is -2.13. The van der Waals surface area contributed by atoms with E-state index in [1.807, 2.05) is 31.2 Å². The molecular weight excluding hydrogens is 468 g/mol. The van der Waals surface area contributed by atoms with Gasteiger partial charge in [-0.1, -0.05) is 33.8 Å². The summed E-state index contributed by atoms with van der Waals surface area (Å²) in [7, 11) is 0. The van der Waals surface area contributed by atoms with Gasteiger partial charge < -0.3 is 10.1 Å². The van der Waals surface area contributed by atoms with Crippen LogP contribution in [0, 0.1) is 0 Å². The van der Waals surface area contributed by atoms with Crippen molar-refractivity contribution in [3.8, 4) is 0 Å². The zero-order chi connectivity index (χ0) is 21.3. The van der Waals surface area contributed by atoms with Crippen molar-refractivity contribution in [2.24, 2.45) is 0 Å². The summed E-state index contributed by atoms with van der Waals surface area (Å²) in [5.74, 6) is 0.0175. The molecule has 0 spiro atoms. The number of thioether (sulfide) groups is 1. The Kier molecular flexibility index (Phi) is 8.41. The van der Waals surface area contributed by atoms with E-state index < -0.39 is 0 Å². The lowest BCUT2D eigenvalue weighted by molar-refractivity contribution is -0.118. The standard InChI is InChI=1S/C21H23BrN4O3S/c1-2-29-11-5-10-26-20(28)17-12-15(22)7-8-18(17)25-21(26)30-14-19(27)24-13-16-6-3-4-9-23-16/h3-4,6-9,12H,2,5,10-11,13-14H2,1H3,(H,24,27). The zero-order valence-electron chi connectivity index (χ0n) is 16.6. The van der Waals surface area contributed by atoms with E-state index in [1.54, 1.807) is 22.9 Å². The number of carbonyl (C=O) groups is 1. The third-order valence-corrected chi connectivity index (χ3v) is 5.75. The Labute approximate surface area is 187 Å². The van der Waals surface area contributed by atoms with Gasteiger partial charge in [0.15, 0.2) is 5.16 Å². The van der Waals surface area contributed by atoms with Crippen molar-refractivity contribution in [2.75, 3.05) is 19.0 Å². The van der Waals surface area contributed by atoms with Gasteiger partial charge in [-0.15, -0.1) is 0 Å². The molecule has 3 aromatic rings. The van der Waals surface area contributed by atoms with E-state index in [9.17, 15) is 9.59 Å². The largest absolute Gasteiger partial charge is 0.382 e. The Hall–Kier alpha value is -2.23. The van der Waals surface area contributed by atoms with Crippen molar-refractivity contribution in [3.63, 3.8) is 0 Å². The predicted octanol–water partition coefficient (Wildman–Crippen LogP) is 3.39. The molecule has 158 valence electrons. The van der Waals surface area contributed by atoms with Crippen LogP contribution in [0.25, 0.3) is 10.9 Å². The minimum Gasteiger partial charge on any atom is -0.382 e. The van der Waals surface area contributed by atoms with Crippen molar-refractivity contribution in [1.82, 2.24) is 19.9 Å². The minimum absolute atomic E-state index is 0.116. The van der Waals surface area contributed by atoms with Crippen LogP contribution in [0.2, 0.25) is 0 Å². The Bertz CT molecular complexity index is 1060. The van der Waals surface area contributed by atoms with Crippen LogP contribution in [-0.2, 0) is 22.6 Å². The Balaban J connectivity index is 1.74. The zero-order valence-corrected chi connectivity index (χ0v) is 19.0. The molecule has 7 nitrogen and oxygen atoms in total. The maximum absolute atomic E-state index is 13.1. The normalized spacial score (nSPS) is 11.0. The van der Waals surface area contributed by atoms with Crippen LogP contribution in [-0.4, -0.2) is 39.4 Å². The number of pyridine rings is 1. The molecule has 3 rings (SSSR count). The summed E-state index contributed by atoms with van der Waals surface area (Å²) in [5, 5.41) is 3.92. The van der Waals surface area contributed by atoms with Gasteiger partial charge in [0.05, 0.1) is 28.9 Å². The number of hydrogen-bond donors (Lipinski definition) is 1. The molecule has 2 aromatic heterocycles. The first-order valence-corrected chi connectivity index (χ1v) is 11.4. The first kappa shape index (κ1) is 22.5. The fourth-order valence-electron chi connectivity index (χ4n) is 2.82. The summed E-state index contributed by atoms with van der Waals surface area (Å²) in [6.07, 6.45) is 2.38. The van der Waals surface area contributed by atoms with Crippen molar-refractivity contribution in [1.29, 1.82) is 0 Å². The highest BCUT2D eigenvalue weighted by molar-refractivity contribution is 9.10. The first-order chi connectivity index (χ1) is 14.6. The average Bonchev–Trinajstić information content (AvgIpc) is 2.76. The summed E-state index contributed by atoms with van der Waals surface area (Å²) in [5.41, 5.74) is 1.29. The number of benzene rings is 1. The number of fused-ring (bicyclic) bond motifs is 1. The van der Waals surface area contributed by atoms with Crippen LogP contribution in [0.5, 0.6) is 0 Å². The number of rotatable bonds is 10. The molecule has 0 aliphatic carbocycles. The molecule has 1 N–H and O–H groups in total. The molecule has 0 aliphatic rings. The van der Waals surface area contributed by atoms with Gasteiger partial charge in [-0.25, -0.2) is 4.98 Å². The second-order valence-corrected chi connectivity index (χ2v) is 8.31. The van der Waals surface area contributed by atoms with Crippen LogP contribution in [0.1, 0.15) is 19.0 Å². The molecule has 1 aromatic carbocycles. The fraction of sp³-hybridized carbons (Fsp3) is 0.333. The molecule has 0 radical (unpaired) electrons. The highest BCUT2D eigenvalue weighted by Crippen LogP contribution is 2.20. The van der Waals surface area contributed by atoms with Crippen molar-refractivity contribution in [2.45, 2.75) is 31.6 Å². The van der Waals surface area contributed by atoms with Gasteiger partial charge >= 0.3 is 0 Å². The van der Waals surface area contributed by atoms with E-state index in [0.717, 1.165) is 10.2 Å². The molecule has 0 bridgehead atoms. The minimum atomic E-state index is -0.142. The van der Waals surface area contributed by atoms with Gasteiger partial charge in [-0.05, 0) is 43.7 Å². The van der Waals surface area contributed by atoms with Gasteiger partial charge in [0.25, 0.3) is 5.56 Å². The summed E-state index contributed by atoms with van der Waals surface area (Å²) >= 11 is 4.66. The third-order valence-electron chi connectivity index (χ3n) is 4.28. The third kappa shape index (κ3) is 6.13.